The van der Waals surface area contributed by atoms with Crippen LogP contribution in [0.15, 0.2) is 0 Å². The van der Waals surface area contributed by atoms with Crippen LogP contribution in [0.1, 0.15) is 65.2 Å². The summed E-state index contributed by atoms with van der Waals surface area (Å²) in [5.41, 5.74) is -1.01. The lowest BCUT2D eigenvalue weighted by molar-refractivity contribution is -0.197. The maximum atomic E-state index is 10.9. The van der Waals surface area contributed by atoms with Crippen LogP contribution in [-0.4, -0.2) is 45.3 Å². The Hall–Kier alpha value is -0.160. The van der Waals surface area contributed by atoms with Crippen molar-refractivity contribution >= 4 is 0 Å². The van der Waals surface area contributed by atoms with Gasteiger partial charge in [0, 0.05) is 5.41 Å². The zero-order chi connectivity index (χ0) is 17.4. The molecular weight excluding hydrogens is 304 g/mol. The molecular formula is C20H34O4. The molecule has 138 valence electrons. The summed E-state index contributed by atoms with van der Waals surface area (Å²) in [6, 6.07) is 0. The van der Waals surface area contributed by atoms with Crippen molar-refractivity contribution < 1.29 is 20.4 Å². The zero-order valence-electron chi connectivity index (χ0n) is 15.2. The predicted molar refractivity (Wildman–Crippen MR) is 91.2 cm³/mol. The molecule has 0 aliphatic heterocycles. The molecule has 0 aromatic heterocycles. The summed E-state index contributed by atoms with van der Waals surface area (Å²) in [6.07, 6.45) is 7.38. The number of aliphatic hydroxyl groups is 4. The SMILES string of the molecule is C[C@@]12CCC(O)[C@](C)(CO)[C@H]1CC[C@@]13C[C@H](CC[C@H]12)[C@@](O)(CO)C3. The van der Waals surface area contributed by atoms with Crippen molar-refractivity contribution in [3.8, 4) is 0 Å². The maximum absolute atomic E-state index is 10.9. The van der Waals surface area contributed by atoms with Gasteiger partial charge >= 0.3 is 0 Å². The summed E-state index contributed by atoms with van der Waals surface area (Å²) in [5.74, 6) is 1.13. The van der Waals surface area contributed by atoms with Crippen LogP contribution in [0.25, 0.3) is 0 Å². The summed E-state index contributed by atoms with van der Waals surface area (Å²) in [5, 5.41) is 41.4. The third-order valence-electron chi connectivity index (χ3n) is 9.27. The van der Waals surface area contributed by atoms with E-state index in [1.807, 2.05) is 0 Å². The molecule has 0 aromatic carbocycles. The largest absolute Gasteiger partial charge is 0.396 e. The van der Waals surface area contributed by atoms with E-state index in [0.717, 1.165) is 51.4 Å². The minimum absolute atomic E-state index is 0.0529. The first-order valence-electron chi connectivity index (χ1n) is 9.86. The number of hydrogen-bond donors (Lipinski definition) is 4. The number of hydrogen-bond acceptors (Lipinski definition) is 4. The number of rotatable bonds is 2. The van der Waals surface area contributed by atoms with Crippen molar-refractivity contribution in [1.82, 2.24) is 0 Å². The molecule has 0 saturated heterocycles. The molecule has 4 heteroatoms. The molecule has 4 fully saturated rings. The second kappa shape index (κ2) is 5.18. The van der Waals surface area contributed by atoms with Crippen LogP contribution in [0.2, 0.25) is 0 Å². The summed E-state index contributed by atoms with van der Waals surface area (Å²) in [6.45, 7) is 4.40. The Bertz CT molecular complexity index is 524. The highest BCUT2D eigenvalue weighted by molar-refractivity contribution is 5.17. The molecule has 8 atom stereocenters. The Morgan fingerprint density at radius 2 is 1.67 bits per heavy atom. The summed E-state index contributed by atoms with van der Waals surface area (Å²) in [7, 11) is 0. The van der Waals surface area contributed by atoms with E-state index in [-0.39, 0.29) is 30.0 Å². The van der Waals surface area contributed by atoms with E-state index in [1.165, 1.54) is 0 Å². The molecule has 0 amide bonds. The zero-order valence-corrected chi connectivity index (χ0v) is 15.2. The molecule has 24 heavy (non-hydrogen) atoms. The highest BCUT2D eigenvalue weighted by atomic mass is 16.3. The van der Waals surface area contributed by atoms with E-state index in [0.29, 0.717) is 11.8 Å². The topological polar surface area (TPSA) is 80.9 Å². The third kappa shape index (κ3) is 1.94. The molecule has 4 aliphatic carbocycles. The fourth-order valence-electron chi connectivity index (χ4n) is 8.06. The van der Waals surface area contributed by atoms with Gasteiger partial charge in [0.15, 0.2) is 0 Å². The Kier molecular flexibility index (Phi) is 3.73. The molecule has 0 aromatic rings. The van der Waals surface area contributed by atoms with E-state index in [1.54, 1.807) is 0 Å². The molecule has 4 rings (SSSR count). The van der Waals surface area contributed by atoms with Crippen LogP contribution < -0.4 is 0 Å². The molecule has 2 bridgehead atoms. The van der Waals surface area contributed by atoms with Crippen LogP contribution in [0, 0.1) is 34.0 Å². The molecule has 4 saturated carbocycles. The van der Waals surface area contributed by atoms with Crippen LogP contribution in [0.4, 0.5) is 0 Å². The molecule has 0 heterocycles. The van der Waals surface area contributed by atoms with Gasteiger partial charge in [0.1, 0.15) is 0 Å². The Morgan fingerprint density at radius 1 is 0.917 bits per heavy atom. The predicted octanol–water partition coefficient (Wildman–Crippen LogP) is 2.09. The fourth-order valence-corrected chi connectivity index (χ4v) is 8.06. The van der Waals surface area contributed by atoms with Gasteiger partial charge in [-0.2, -0.15) is 0 Å². The van der Waals surface area contributed by atoms with Gasteiger partial charge < -0.3 is 20.4 Å². The van der Waals surface area contributed by atoms with Crippen molar-refractivity contribution in [2.45, 2.75) is 76.9 Å². The number of aliphatic hydroxyl groups excluding tert-OH is 3. The lowest BCUT2D eigenvalue weighted by atomic mass is 9.40. The first kappa shape index (κ1) is 17.3. The second-order valence-electron chi connectivity index (χ2n) is 10.1. The average molecular weight is 338 g/mol. The van der Waals surface area contributed by atoms with Crippen molar-refractivity contribution in [2.24, 2.45) is 34.0 Å². The van der Waals surface area contributed by atoms with Gasteiger partial charge in [0.2, 0.25) is 0 Å². The van der Waals surface area contributed by atoms with Crippen molar-refractivity contribution in [3.05, 3.63) is 0 Å². The highest BCUT2D eigenvalue weighted by Crippen LogP contribution is 2.72. The summed E-state index contributed by atoms with van der Waals surface area (Å²) >= 11 is 0. The van der Waals surface area contributed by atoms with Crippen LogP contribution >= 0.6 is 0 Å². The standard InChI is InChI=1S/C20H34O4/c1-17-7-6-16(23)18(2,11-21)14(17)5-8-19-9-13(3-4-15(17)19)20(24,10-19)12-22/h13-16,21-24H,3-12H2,1-2H3/t13-,14-,15-,16?,17+,18+,19-,20-/m0/s1. The van der Waals surface area contributed by atoms with Gasteiger partial charge in [-0.25, -0.2) is 0 Å². The van der Waals surface area contributed by atoms with Gasteiger partial charge in [0.25, 0.3) is 0 Å². The highest BCUT2D eigenvalue weighted by Gasteiger charge is 2.68. The molecule has 4 aliphatic rings. The summed E-state index contributed by atoms with van der Waals surface area (Å²) in [4.78, 5) is 0. The van der Waals surface area contributed by atoms with Gasteiger partial charge in [0.05, 0.1) is 24.9 Å². The van der Waals surface area contributed by atoms with Crippen molar-refractivity contribution in [1.29, 1.82) is 0 Å². The van der Waals surface area contributed by atoms with E-state index >= 15 is 0 Å². The second-order valence-corrected chi connectivity index (χ2v) is 10.1. The minimum atomic E-state index is -0.883. The number of fused-ring (bicyclic) bond motifs is 3. The van der Waals surface area contributed by atoms with Crippen LogP contribution in [0.5, 0.6) is 0 Å². The molecule has 1 spiro atoms. The molecule has 4 N–H and O–H groups in total. The van der Waals surface area contributed by atoms with Crippen LogP contribution in [-0.2, 0) is 0 Å². The Balaban J connectivity index is 1.72. The third-order valence-corrected chi connectivity index (χ3v) is 9.27. The monoisotopic (exact) mass is 338 g/mol. The minimum Gasteiger partial charge on any atom is -0.396 e. The Morgan fingerprint density at radius 3 is 2.33 bits per heavy atom. The van der Waals surface area contributed by atoms with Gasteiger partial charge in [-0.1, -0.05) is 13.8 Å². The molecule has 0 radical (unpaired) electrons. The van der Waals surface area contributed by atoms with Crippen molar-refractivity contribution in [3.63, 3.8) is 0 Å². The average Bonchev–Trinajstić information content (AvgIpc) is 2.78. The lowest BCUT2D eigenvalue weighted by Gasteiger charge is -2.65. The first-order chi connectivity index (χ1) is 11.2. The van der Waals surface area contributed by atoms with E-state index in [4.69, 9.17) is 0 Å². The first-order valence-corrected chi connectivity index (χ1v) is 9.86. The fraction of sp³-hybridized carbons (Fsp3) is 1.00. The summed E-state index contributed by atoms with van der Waals surface area (Å²) < 4.78 is 0. The lowest BCUT2D eigenvalue weighted by Crippen LogP contribution is -2.61. The van der Waals surface area contributed by atoms with E-state index in [9.17, 15) is 20.4 Å². The van der Waals surface area contributed by atoms with Gasteiger partial charge in [-0.3, -0.25) is 0 Å². The Labute approximate surface area is 145 Å². The smallest absolute Gasteiger partial charge is 0.0910 e. The quantitative estimate of drug-likeness (QED) is 0.621. The normalized spacial score (nSPS) is 59.8. The molecule has 4 nitrogen and oxygen atoms in total. The molecule has 1 unspecified atom stereocenters. The van der Waals surface area contributed by atoms with E-state index < -0.39 is 17.1 Å². The van der Waals surface area contributed by atoms with E-state index in [2.05, 4.69) is 13.8 Å². The van der Waals surface area contributed by atoms with Crippen LogP contribution in [0.3, 0.4) is 0 Å². The maximum Gasteiger partial charge on any atom is 0.0910 e. The van der Waals surface area contributed by atoms with Gasteiger partial charge in [-0.05, 0) is 80.0 Å². The van der Waals surface area contributed by atoms with Crippen molar-refractivity contribution in [2.75, 3.05) is 13.2 Å². The van der Waals surface area contributed by atoms with Gasteiger partial charge in [-0.15, -0.1) is 0 Å².